The molecule has 22 heavy (non-hydrogen) atoms. The normalized spacial score (nSPS) is 10.6. The fourth-order valence-electron chi connectivity index (χ4n) is 1.93. The molecule has 0 bridgehead atoms. The second-order valence-electron chi connectivity index (χ2n) is 4.69. The van der Waals surface area contributed by atoms with Gasteiger partial charge in [-0.25, -0.2) is 0 Å². The summed E-state index contributed by atoms with van der Waals surface area (Å²) in [5, 5.41) is 0.632. The van der Waals surface area contributed by atoms with Crippen LogP contribution in [0.15, 0.2) is 48.5 Å². The molecular formula is C16H14ClF2NO2. The van der Waals surface area contributed by atoms with Crippen LogP contribution in [0.5, 0.6) is 5.75 Å². The van der Waals surface area contributed by atoms with E-state index >= 15 is 0 Å². The molecule has 0 atom stereocenters. The van der Waals surface area contributed by atoms with Crippen molar-refractivity contribution in [2.45, 2.75) is 13.2 Å². The highest BCUT2D eigenvalue weighted by molar-refractivity contribution is 6.30. The number of carbonyl (C=O) groups is 1. The predicted molar refractivity (Wildman–Crippen MR) is 80.3 cm³/mol. The van der Waals surface area contributed by atoms with Crippen molar-refractivity contribution in [1.82, 2.24) is 4.90 Å². The summed E-state index contributed by atoms with van der Waals surface area (Å²) in [4.78, 5) is 13.8. The summed E-state index contributed by atoms with van der Waals surface area (Å²) >= 11 is 5.81. The summed E-state index contributed by atoms with van der Waals surface area (Å²) in [6.45, 7) is -2.46. The first-order chi connectivity index (χ1) is 10.5. The Balaban J connectivity index is 2.02. The van der Waals surface area contributed by atoms with Gasteiger partial charge in [0.15, 0.2) is 0 Å². The van der Waals surface area contributed by atoms with E-state index in [0.29, 0.717) is 17.1 Å². The minimum atomic E-state index is -2.88. The molecule has 1 amide bonds. The molecule has 0 aliphatic heterocycles. The lowest BCUT2D eigenvalue weighted by Crippen LogP contribution is -2.26. The van der Waals surface area contributed by atoms with Crippen LogP contribution in [-0.4, -0.2) is 24.5 Å². The molecule has 3 nitrogen and oxygen atoms in total. The number of alkyl halides is 2. The van der Waals surface area contributed by atoms with E-state index < -0.39 is 6.61 Å². The second kappa shape index (κ2) is 7.22. The standard InChI is InChI=1S/C16H14ClF2NO2/c1-20(10-11-2-6-13(17)7-3-11)15(21)12-4-8-14(9-5-12)22-16(18)19/h2-9,16H,10H2,1H3. The third kappa shape index (κ3) is 4.43. The van der Waals surface area contributed by atoms with E-state index in [9.17, 15) is 13.6 Å². The number of halogens is 3. The predicted octanol–water partition coefficient (Wildman–Crippen LogP) is 4.21. The minimum Gasteiger partial charge on any atom is -0.435 e. The quantitative estimate of drug-likeness (QED) is 0.824. The molecule has 0 spiro atoms. The Hall–Kier alpha value is -2.14. The fourth-order valence-corrected chi connectivity index (χ4v) is 2.06. The molecule has 0 aromatic heterocycles. The first-order valence-corrected chi connectivity index (χ1v) is 6.88. The van der Waals surface area contributed by atoms with E-state index in [1.807, 2.05) is 12.1 Å². The zero-order chi connectivity index (χ0) is 16.1. The fraction of sp³-hybridized carbons (Fsp3) is 0.188. The van der Waals surface area contributed by atoms with Gasteiger partial charge in [-0.1, -0.05) is 23.7 Å². The third-order valence-corrected chi connectivity index (χ3v) is 3.26. The van der Waals surface area contributed by atoms with Gasteiger partial charge in [0.2, 0.25) is 0 Å². The molecule has 0 aliphatic rings. The van der Waals surface area contributed by atoms with Crippen LogP contribution < -0.4 is 4.74 Å². The largest absolute Gasteiger partial charge is 0.435 e. The molecule has 0 aliphatic carbocycles. The summed E-state index contributed by atoms with van der Waals surface area (Å²) in [5.41, 5.74) is 1.34. The topological polar surface area (TPSA) is 29.5 Å². The molecule has 0 saturated carbocycles. The van der Waals surface area contributed by atoms with Crippen LogP contribution >= 0.6 is 11.6 Å². The molecule has 6 heteroatoms. The molecule has 2 aromatic carbocycles. The van der Waals surface area contributed by atoms with Crippen LogP contribution in [0.2, 0.25) is 5.02 Å². The van der Waals surface area contributed by atoms with E-state index in [-0.39, 0.29) is 11.7 Å². The van der Waals surface area contributed by atoms with Crippen molar-refractivity contribution >= 4 is 17.5 Å². The lowest BCUT2D eigenvalue weighted by Gasteiger charge is -2.17. The van der Waals surface area contributed by atoms with Gasteiger partial charge in [-0.05, 0) is 42.0 Å². The molecule has 2 aromatic rings. The zero-order valence-corrected chi connectivity index (χ0v) is 12.6. The summed E-state index contributed by atoms with van der Waals surface area (Å²) in [7, 11) is 1.67. The van der Waals surface area contributed by atoms with Crippen LogP contribution in [0, 0.1) is 0 Å². The lowest BCUT2D eigenvalue weighted by atomic mass is 10.1. The number of amides is 1. The van der Waals surface area contributed by atoms with Gasteiger partial charge >= 0.3 is 6.61 Å². The highest BCUT2D eigenvalue weighted by Gasteiger charge is 2.13. The Morgan fingerprint density at radius 1 is 1.14 bits per heavy atom. The maximum Gasteiger partial charge on any atom is 0.387 e. The van der Waals surface area contributed by atoms with Crippen molar-refractivity contribution in [3.8, 4) is 5.75 Å². The van der Waals surface area contributed by atoms with Gasteiger partial charge < -0.3 is 9.64 Å². The monoisotopic (exact) mass is 325 g/mol. The number of carbonyl (C=O) groups excluding carboxylic acids is 1. The number of hydrogen-bond donors (Lipinski definition) is 0. The Bertz CT molecular complexity index is 630. The van der Waals surface area contributed by atoms with Crippen molar-refractivity contribution in [3.63, 3.8) is 0 Å². The molecule has 0 N–H and O–H groups in total. The number of rotatable bonds is 5. The maximum atomic E-state index is 12.3. The van der Waals surface area contributed by atoms with Crippen LogP contribution in [0.25, 0.3) is 0 Å². The van der Waals surface area contributed by atoms with Crippen molar-refractivity contribution in [2.24, 2.45) is 0 Å². The van der Waals surface area contributed by atoms with Crippen molar-refractivity contribution in [2.75, 3.05) is 7.05 Å². The average molecular weight is 326 g/mol. The molecule has 0 radical (unpaired) electrons. The van der Waals surface area contributed by atoms with Crippen molar-refractivity contribution in [1.29, 1.82) is 0 Å². The minimum absolute atomic E-state index is 0.0203. The van der Waals surface area contributed by atoms with Gasteiger partial charge in [0, 0.05) is 24.2 Å². The van der Waals surface area contributed by atoms with Gasteiger partial charge in [0.05, 0.1) is 0 Å². The van der Waals surface area contributed by atoms with Crippen LogP contribution in [0.3, 0.4) is 0 Å². The van der Waals surface area contributed by atoms with E-state index in [4.69, 9.17) is 11.6 Å². The highest BCUT2D eigenvalue weighted by Crippen LogP contribution is 2.17. The van der Waals surface area contributed by atoms with E-state index in [1.165, 1.54) is 29.2 Å². The molecule has 0 unspecified atom stereocenters. The average Bonchev–Trinajstić information content (AvgIpc) is 2.49. The zero-order valence-electron chi connectivity index (χ0n) is 11.8. The van der Waals surface area contributed by atoms with E-state index in [0.717, 1.165) is 5.56 Å². The van der Waals surface area contributed by atoms with E-state index in [1.54, 1.807) is 19.2 Å². The molecule has 0 fully saturated rings. The first kappa shape index (κ1) is 16.2. The van der Waals surface area contributed by atoms with Crippen LogP contribution in [-0.2, 0) is 6.54 Å². The lowest BCUT2D eigenvalue weighted by molar-refractivity contribution is -0.0498. The van der Waals surface area contributed by atoms with Crippen LogP contribution in [0.1, 0.15) is 15.9 Å². The smallest absolute Gasteiger partial charge is 0.387 e. The number of nitrogens with zero attached hydrogens (tertiary/aromatic N) is 1. The SMILES string of the molecule is CN(Cc1ccc(Cl)cc1)C(=O)c1ccc(OC(F)F)cc1. The van der Waals surface area contributed by atoms with Crippen molar-refractivity contribution < 1.29 is 18.3 Å². The summed E-state index contributed by atoms with van der Waals surface area (Å²) < 4.78 is 28.4. The Morgan fingerprint density at radius 3 is 2.27 bits per heavy atom. The molecule has 116 valence electrons. The summed E-state index contributed by atoms with van der Waals surface area (Å²) in [6.07, 6.45) is 0. The first-order valence-electron chi connectivity index (χ1n) is 6.50. The molecule has 2 rings (SSSR count). The van der Waals surface area contributed by atoms with Gasteiger partial charge in [-0.2, -0.15) is 8.78 Å². The third-order valence-electron chi connectivity index (χ3n) is 3.01. The molecule has 0 saturated heterocycles. The number of benzene rings is 2. The Kier molecular flexibility index (Phi) is 5.33. The maximum absolute atomic E-state index is 12.3. The van der Waals surface area contributed by atoms with Gasteiger partial charge in [-0.15, -0.1) is 0 Å². The summed E-state index contributed by atoms with van der Waals surface area (Å²) in [6, 6.07) is 12.8. The van der Waals surface area contributed by atoms with Gasteiger partial charge in [-0.3, -0.25) is 4.79 Å². The highest BCUT2D eigenvalue weighted by atomic mass is 35.5. The second-order valence-corrected chi connectivity index (χ2v) is 5.13. The van der Waals surface area contributed by atoms with E-state index in [2.05, 4.69) is 4.74 Å². The summed E-state index contributed by atoms with van der Waals surface area (Å²) in [5.74, 6) is -0.189. The van der Waals surface area contributed by atoms with Crippen LogP contribution in [0.4, 0.5) is 8.78 Å². The molecule has 0 heterocycles. The molecular weight excluding hydrogens is 312 g/mol. The van der Waals surface area contributed by atoms with Gasteiger partial charge in [0.1, 0.15) is 5.75 Å². The van der Waals surface area contributed by atoms with Crippen molar-refractivity contribution in [3.05, 3.63) is 64.7 Å². The Morgan fingerprint density at radius 2 is 1.73 bits per heavy atom. The van der Waals surface area contributed by atoms with Gasteiger partial charge in [0.25, 0.3) is 5.91 Å². The number of hydrogen-bond acceptors (Lipinski definition) is 2. The number of ether oxygens (including phenoxy) is 1. The Labute approximate surface area is 132 Å².